The number of nitrogens with one attached hydrogen (secondary N) is 2. The van der Waals surface area contributed by atoms with Crippen molar-refractivity contribution in [1.29, 1.82) is 0 Å². The normalized spacial score (nSPS) is 21.5. The van der Waals surface area contributed by atoms with E-state index < -0.39 is 14.8 Å². The highest BCUT2D eigenvalue weighted by molar-refractivity contribution is 7.90. The maximum atomic E-state index is 12.3. The molecule has 2 aromatic rings. The van der Waals surface area contributed by atoms with E-state index in [-0.39, 0.29) is 11.8 Å². The molecular formula is C19H29N3O4S. The number of nitrogens with zero attached hydrogens (tertiary/aromatic N) is 1. The number of hydrogen-bond donors (Lipinski definition) is 2. The van der Waals surface area contributed by atoms with Gasteiger partial charge in [-0.05, 0) is 70.6 Å². The first kappa shape index (κ1) is 19.9. The molecule has 27 heavy (non-hydrogen) atoms. The fraction of sp³-hybridized carbons (Fsp3) is 0.632. The van der Waals surface area contributed by atoms with Gasteiger partial charge in [-0.25, -0.2) is 17.9 Å². The number of sulfonamides is 1. The third kappa shape index (κ3) is 4.38. The Hall–Kier alpha value is -1.80. The largest absolute Gasteiger partial charge is 0.419 e. The maximum Gasteiger partial charge on any atom is 0.419 e. The molecular weight excluding hydrogens is 366 g/mol. The van der Waals surface area contributed by atoms with Crippen molar-refractivity contribution in [2.75, 3.05) is 11.9 Å². The summed E-state index contributed by atoms with van der Waals surface area (Å²) < 4.78 is 33.3. The summed E-state index contributed by atoms with van der Waals surface area (Å²) in [6.45, 7) is 5.99. The third-order valence-corrected chi connectivity index (χ3v) is 7.62. The van der Waals surface area contributed by atoms with Crippen molar-refractivity contribution < 1.29 is 12.8 Å². The molecule has 1 heterocycles. The van der Waals surface area contributed by atoms with Crippen LogP contribution in [0.2, 0.25) is 0 Å². The lowest BCUT2D eigenvalue weighted by molar-refractivity contribution is 0.322. The maximum absolute atomic E-state index is 12.3. The zero-order valence-electron chi connectivity index (χ0n) is 16.4. The van der Waals surface area contributed by atoms with Gasteiger partial charge in [-0.15, -0.1) is 0 Å². The highest BCUT2D eigenvalue weighted by Gasteiger charge is 2.32. The number of benzene rings is 1. The van der Waals surface area contributed by atoms with Crippen molar-refractivity contribution >= 4 is 26.8 Å². The standard InChI is InChI=1S/C19H29N3O4S/c1-19(2,3)27(24,25)21-14-7-5-13(6-8-14)12-20-15-9-10-17-16(11-15)22(4)18(23)26-17/h9-11,13-14,20-21H,5-8,12H2,1-4H3/t13-,14-. The minimum atomic E-state index is -3.30. The van der Waals surface area contributed by atoms with Crippen LogP contribution in [0.4, 0.5) is 5.69 Å². The predicted octanol–water partition coefficient (Wildman–Crippen LogP) is 2.82. The summed E-state index contributed by atoms with van der Waals surface area (Å²) in [6.07, 6.45) is 3.68. The minimum absolute atomic E-state index is 0.0299. The van der Waals surface area contributed by atoms with E-state index in [4.69, 9.17) is 4.42 Å². The average Bonchev–Trinajstić information content (AvgIpc) is 2.87. The van der Waals surface area contributed by atoms with Crippen molar-refractivity contribution in [2.45, 2.75) is 57.2 Å². The van der Waals surface area contributed by atoms with Crippen molar-refractivity contribution in [1.82, 2.24) is 9.29 Å². The van der Waals surface area contributed by atoms with E-state index in [2.05, 4.69) is 10.0 Å². The molecule has 2 N–H and O–H groups in total. The highest BCUT2D eigenvalue weighted by atomic mass is 32.2. The number of fused-ring (bicyclic) bond motifs is 1. The molecule has 0 radical (unpaired) electrons. The number of aryl methyl sites for hydroxylation is 1. The molecule has 1 aliphatic rings. The molecule has 0 saturated heterocycles. The number of rotatable bonds is 5. The molecule has 0 aliphatic heterocycles. The van der Waals surface area contributed by atoms with Crippen molar-refractivity contribution in [3.8, 4) is 0 Å². The van der Waals surface area contributed by atoms with E-state index in [0.717, 1.165) is 43.4 Å². The Morgan fingerprint density at radius 2 is 1.85 bits per heavy atom. The topological polar surface area (TPSA) is 93.3 Å². The molecule has 1 saturated carbocycles. The van der Waals surface area contributed by atoms with Gasteiger partial charge in [-0.1, -0.05) is 0 Å². The van der Waals surface area contributed by atoms with Crippen LogP contribution < -0.4 is 15.8 Å². The van der Waals surface area contributed by atoms with Gasteiger partial charge < -0.3 is 9.73 Å². The Labute approximate surface area is 160 Å². The first-order valence-electron chi connectivity index (χ1n) is 9.42. The number of anilines is 1. The summed E-state index contributed by atoms with van der Waals surface area (Å²) in [5.74, 6) is 0.141. The van der Waals surface area contributed by atoms with Crippen molar-refractivity contribution in [3.63, 3.8) is 0 Å². The van der Waals surface area contributed by atoms with E-state index in [9.17, 15) is 13.2 Å². The van der Waals surface area contributed by atoms with Crippen LogP contribution in [-0.2, 0) is 17.1 Å². The van der Waals surface area contributed by atoms with Gasteiger partial charge >= 0.3 is 5.76 Å². The zero-order chi connectivity index (χ0) is 19.8. The second kappa shape index (κ2) is 7.31. The molecule has 3 rings (SSSR count). The Bertz CT molecular complexity index is 961. The molecule has 0 amide bonds. The van der Waals surface area contributed by atoms with Gasteiger partial charge in [-0.3, -0.25) is 4.57 Å². The molecule has 1 aromatic heterocycles. The molecule has 1 aliphatic carbocycles. The van der Waals surface area contributed by atoms with Crippen LogP contribution in [-0.4, -0.2) is 30.3 Å². The Balaban J connectivity index is 1.53. The lowest BCUT2D eigenvalue weighted by Gasteiger charge is -2.31. The van der Waals surface area contributed by atoms with E-state index in [1.54, 1.807) is 33.9 Å². The van der Waals surface area contributed by atoms with Gasteiger partial charge in [0.05, 0.1) is 10.3 Å². The molecule has 8 heteroatoms. The smallest absolute Gasteiger partial charge is 0.408 e. The second-order valence-electron chi connectivity index (χ2n) is 8.44. The lowest BCUT2D eigenvalue weighted by atomic mass is 9.86. The minimum Gasteiger partial charge on any atom is -0.408 e. The van der Waals surface area contributed by atoms with E-state index in [0.29, 0.717) is 11.5 Å². The number of oxazole rings is 1. The van der Waals surface area contributed by atoms with E-state index in [1.165, 1.54) is 4.57 Å². The van der Waals surface area contributed by atoms with Gasteiger partial charge in [0, 0.05) is 25.3 Å². The van der Waals surface area contributed by atoms with Gasteiger partial charge in [0.1, 0.15) is 0 Å². The average molecular weight is 396 g/mol. The van der Waals surface area contributed by atoms with Crippen LogP contribution in [0.5, 0.6) is 0 Å². The molecule has 150 valence electrons. The number of hydrogen-bond acceptors (Lipinski definition) is 5. The summed E-state index contributed by atoms with van der Waals surface area (Å²) in [4.78, 5) is 11.6. The third-order valence-electron chi connectivity index (χ3n) is 5.36. The summed E-state index contributed by atoms with van der Waals surface area (Å²) in [6, 6.07) is 5.66. The fourth-order valence-electron chi connectivity index (χ4n) is 3.38. The highest BCUT2D eigenvalue weighted by Crippen LogP contribution is 2.27. The Morgan fingerprint density at radius 1 is 1.19 bits per heavy atom. The number of aromatic nitrogens is 1. The van der Waals surface area contributed by atoms with E-state index >= 15 is 0 Å². The first-order valence-corrected chi connectivity index (χ1v) is 10.9. The van der Waals surface area contributed by atoms with Crippen molar-refractivity contribution in [2.24, 2.45) is 13.0 Å². The molecule has 1 aromatic carbocycles. The van der Waals surface area contributed by atoms with Crippen LogP contribution >= 0.6 is 0 Å². The lowest BCUT2D eigenvalue weighted by Crippen LogP contribution is -2.46. The molecule has 0 spiro atoms. The second-order valence-corrected chi connectivity index (χ2v) is 10.9. The zero-order valence-corrected chi connectivity index (χ0v) is 17.2. The first-order chi connectivity index (χ1) is 12.6. The molecule has 0 atom stereocenters. The molecule has 7 nitrogen and oxygen atoms in total. The fourth-order valence-corrected chi connectivity index (χ4v) is 4.41. The van der Waals surface area contributed by atoms with Crippen LogP contribution in [0, 0.1) is 5.92 Å². The van der Waals surface area contributed by atoms with Gasteiger partial charge in [0.15, 0.2) is 5.58 Å². The SMILES string of the molecule is Cn1c(=O)oc2ccc(NC[C@H]3CC[C@H](NS(=O)(=O)C(C)(C)C)CC3)cc21. The van der Waals surface area contributed by atoms with Crippen molar-refractivity contribution in [3.05, 3.63) is 28.7 Å². The summed E-state index contributed by atoms with van der Waals surface area (Å²) >= 11 is 0. The Morgan fingerprint density at radius 3 is 2.48 bits per heavy atom. The van der Waals surface area contributed by atoms with Crippen LogP contribution in [0.1, 0.15) is 46.5 Å². The van der Waals surface area contributed by atoms with Gasteiger partial charge in [-0.2, -0.15) is 0 Å². The van der Waals surface area contributed by atoms with E-state index in [1.807, 2.05) is 12.1 Å². The quantitative estimate of drug-likeness (QED) is 0.812. The van der Waals surface area contributed by atoms with Gasteiger partial charge in [0.25, 0.3) is 0 Å². The summed E-state index contributed by atoms with van der Waals surface area (Å²) in [7, 11) is -1.60. The molecule has 1 fully saturated rings. The molecule has 0 unspecified atom stereocenters. The van der Waals surface area contributed by atoms with Crippen LogP contribution in [0.3, 0.4) is 0 Å². The Kier molecular flexibility index (Phi) is 5.40. The predicted molar refractivity (Wildman–Crippen MR) is 107 cm³/mol. The van der Waals surface area contributed by atoms with Crippen LogP contribution in [0.25, 0.3) is 11.1 Å². The summed E-state index contributed by atoms with van der Waals surface area (Å²) in [5, 5.41) is 3.43. The van der Waals surface area contributed by atoms with Gasteiger partial charge in [0.2, 0.25) is 10.0 Å². The monoisotopic (exact) mass is 395 g/mol. The summed E-state index contributed by atoms with van der Waals surface area (Å²) in [5.41, 5.74) is 2.31. The van der Waals surface area contributed by atoms with Crippen LogP contribution in [0.15, 0.2) is 27.4 Å². The molecule has 0 bridgehead atoms.